The third-order valence-corrected chi connectivity index (χ3v) is 14.0. The lowest BCUT2D eigenvalue weighted by Crippen LogP contribution is -2.62. The maximum absolute atomic E-state index is 6.92. The molecule has 6 heteroatoms. The number of hydrogen-bond acceptors (Lipinski definition) is 4. The number of anilines is 9. The summed E-state index contributed by atoms with van der Waals surface area (Å²) in [6, 6.07) is 71.5. The largest absolute Gasteiger partial charge is 0.454 e. The molecule has 0 unspecified atom stereocenters. The minimum Gasteiger partial charge on any atom is -0.454 e. The molecule has 3 aliphatic rings. The second kappa shape index (κ2) is 12.8. The van der Waals surface area contributed by atoms with E-state index < -0.39 is 0 Å². The molecule has 0 N–H and O–H groups in total. The summed E-state index contributed by atoms with van der Waals surface area (Å²) in [5, 5.41) is 4.74. The fourth-order valence-electron chi connectivity index (χ4n) is 11.2. The molecular formula is C58H41BN4O. The van der Waals surface area contributed by atoms with Gasteiger partial charge in [0.1, 0.15) is 5.58 Å². The van der Waals surface area contributed by atoms with Crippen molar-refractivity contribution in [2.24, 2.45) is 0 Å². The van der Waals surface area contributed by atoms with Crippen LogP contribution in [-0.2, 0) is 5.41 Å². The average Bonchev–Trinajstić information content (AvgIpc) is 3.88. The van der Waals surface area contributed by atoms with Gasteiger partial charge in [0, 0.05) is 50.0 Å². The molecule has 0 fully saturated rings. The molecule has 0 saturated heterocycles. The first-order valence-electron chi connectivity index (χ1n) is 22.3. The van der Waals surface area contributed by atoms with Crippen LogP contribution in [0, 0.1) is 0 Å². The molecule has 11 aromatic rings. The van der Waals surface area contributed by atoms with Crippen LogP contribution in [0.25, 0.3) is 49.4 Å². The summed E-state index contributed by atoms with van der Waals surface area (Å²) in [5.41, 5.74) is 20.7. The number of fused-ring (bicyclic) bond motifs is 12. The molecule has 5 heterocycles. The van der Waals surface area contributed by atoms with E-state index in [1.54, 1.807) is 0 Å². The van der Waals surface area contributed by atoms with Gasteiger partial charge >= 0.3 is 0 Å². The molecule has 0 amide bonds. The summed E-state index contributed by atoms with van der Waals surface area (Å²) >= 11 is 0. The lowest BCUT2D eigenvalue weighted by molar-refractivity contribution is 0.591. The van der Waals surface area contributed by atoms with E-state index in [-0.39, 0.29) is 12.1 Å². The van der Waals surface area contributed by atoms with E-state index in [9.17, 15) is 0 Å². The van der Waals surface area contributed by atoms with E-state index in [1.165, 1.54) is 66.5 Å². The minimum absolute atomic E-state index is 0.0573. The van der Waals surface area contributed by atoms with E-state index >= 15 is 0 Å². The van der Waals surface area contributed by atoms with Crippen LogP contribution >= 0.6 is 0 Å². The van der Waals surface area contributed by atoms with Gasteiger partial charge in [-0.2, -0.15) is 0 Å². The molecule has 0 aliphatic carbocycles. The van der Waals surface area contributed by atoms with Crippen molar-refractivity contribution in [2.75, 3.05) is 14.7 Å². The Labute approximate surface area is 371 Å². The number of para-hydroxylation sites is 7. The third-order valence-electron chi connectivity index (χ3n) is 14.0. The van der Waals surface area contributed by atoms with Crippen molar-refractivity contribution in [3.63, 3.8) is 0 Å². The number of aromatic nitrogens is 1. The van der Waals surface area contributed by atoms with Crippen LogP contribution in [0.15, 0.2) is 199 Å². The second-order valence-electron chi connectivity index (χ2n) is 18.5. The highest BCUT2D eigenvalue weighted by atomic mass is 16.3. The summed E-state index contributed by atoms with van der Waals surface area (Å²) < 4.78 is 9.45. The van der Waals surface area contributed by atoms with Gasteiger partial charge in [-0.1, -0.05) is 142 Å². The van der Waals surface area contributed by atoms with Crippen molar-refractivity contribution in [2.45, 2.75) is 26.2 Å². The van der Waals surface area contributed by atoms with Gasteiger partial charge in [0.2, 0.25) is 0 Å². The Morgan fingerprint density at radius 2 is 1.08 bits per heavy atom. The van der Waals surface area contributed by atoms with Gasteiger partial charge in [-0.15, -0.1) is 0 Å². The van der Waals surface area contributed by atoms with Gasteiger partial charge in [-0.25, -0.2) is 0 Å². The fraction of sp³-hybridized carbons (Fsp3) is 0.0690. The topological polar surface area (TPSA) is 27.8 Å². The highest BCUT2D eigenvalue weighted by Crippen LogP contribution is 2.54. The molecule has 0 bridgehead atoms. The first kappa shape index (κ1) is 35.6. The molecule has 0 spiro atoms. The van der Waals surface area contributed by atoms with Crippen molar-refractivity contribution >= 4 is 118 Å². The van der Waals surface area contributed by atoms with Gasteiger partial charge in [0.25, 0.3) is 6.71 Å². The van der Waals surface area contributed by atoms with Crippen LogP contribution < -0.4 is 31.1 Å². The van der Waals surface area contributed by atoms with Crippen LogP contribution in [0.1, 0.15) is 26.3 Å². The van der Waals surface area contributed by atoms with E-state index in [4.69, 9.17) is 4.42 Å². The van der Waals surface area contributed by atoms with Gasteiger partial charge in [-0.05, 0) is 100 Å². The van der Waals surface area contributed by atoms with Crippen molar-refractivity contribution in [1.29, 1.82) is 0 Å². The Hall–Kier alpha value is -7.96. The van der Waals surface area contributed by atoms with Crippen LogP contribution in [0.2, 0.25) is 0 Å². The van der Waals surface area contributed by atoms with E-state index in [0.29, 0.717) is 0 Å². The molecule has 9 aromatic carbocycles. The molecule has 3 aliphatic heterocycles. The smallest absolute Gasteiger partial charge is 0.252 e. The molecule has 5 nitrogen and oxygen atoms in total. The molecule has 0 radical (unpaired) electrons. The number of nitrogens with zero attached hydrogens (tertiary/aromatic N) is 4. The van der Waals surface area contributed by atoms with Crippen LogP contribution in [0.5, 0.6) is 0 Å². The van der Waals surface area contributed by atoms with E-state index in [2.05, 4.69) is 234 Å². The number of furan rings is 1. The minimum atomic E-state index is -0.0666. The average molecular weight is 821 g/mol. The Morgan fingerprint density at radius 3 is 1.84 bits per heavy atom. The van der Waals surface area contributed by atoms with Crippen molar-refractivity contribution in [1.82, 2.24) is 4.57 Å². The zero-order valence-electron chi connectivity index (χ0n) is 35.7. The van der Waals surface area contributed by atoms with Gasteiger partial charge in [-0.3, -0.25) is 0 Å². The molecule has 14 rings (SSSR count). The number of hydrogen-bond donors (Lipinski definition) is 0. The Balaban J connectivity index is 1.16. The van der Waals surface area contributed by atoms with Crippen LogP contribution in [0.4, 0.5) is 51.2 Å². The SMILES string of the molecule is CC(C)(C)c1ccc2c(c1)B1c3cccc4c3N(c3cc(N(c5ccccc5)c5ccccc5)cc(c31)N2c1cccc2c1oc1ccccc12)c1cccc2c3ccccc3n-4c12. The first-order valence-corrected chi connectivity index (χ1v) is 22.3. The standard InChI is InChI=1S/C58H41BN4O/c1-58(2,3)36-31-32-47-45(33-36)59-44-25-16-28-49-56(44)63(48-27-14-23-42-40-21-10-12-26-46(40)62(49)55(42)48)52-35-39(60(37-17-6-4-7-18-37)38-19-8-5-9-20-38)34-51(54(52)59)61(47)50-29-15-24-43-41-22-11-13-30-53(41)64-57(43)50/h4-35H,1-3H3. The highest BCUT2D eigenvalue weighted by molar-refractivity contribution is 7.00. The zero-order chi connectivity index (χ0) is 42.4. The predicted octanol–water partition coefficient (Wildman–Crippen LogP) is 13.8. The maximum atomic E-state index is 6.92. The first-order chi connectivity index (χ1) is 31.4. The quantitative estimate of drug-likeness (QED) is 0.165. The van der Waals surface area contributed by atoms with E-state index in [1.807, 2.05) is 0 Å². The lowest BCUT2D eigenvalue weighted by Gasteiger charge is -2.47. The fourth-order valence-corrected chi connectivity index (χ4v) is 11.2. The predicted molar refractivity (Wildman–Crippen MR) is 269 cm³/mol. The lowest BCUT2D eigenvalue weighted by atomic mass is 9.33. The van der Waals surface area contributed by atoms with Gasteiger partial charge < -0.3 is 23.7 Å². The molecule has 0 saturated carbocycles. The summed E-state index contributed by atoms with van der Waals surface area (Å²) in [7, 11) is 0. The normalized spacial score (nSPS) is 13.5. The summed E-state index contributed by atoms with van der Waals surface area (Å²) in [4.78, 5) is 7.51. The van der Waals surface area contributed by atoms with E-state index in [0.717, 1.165) is 56.1 Å². The van der Waals surface area contributed by atoms with Crippen LogP contribution in [0.3, 0.4) is 0 Å². The summed E-state index contributed by atoms with van der Waals surface area (Å²) in [6.07, 6.45) is 0. The molecular weight excluding hydrogens is 779 g/mol. The second-order valence-corrected chi connectivity index (χ2v) is 18.5. The summed E-state index contributed by atoms with van der Waals surface area (Å²) in [6.45, 7) is 6.91. The number of rotatable bonds is 4. The monoisotopic (exact) mass is 820 g/mol. The van der Waals surface area contributed by atoms with Crippen molar-refractivity contribution < 1.29 is 4.42 Å². The highest BCUT2D eigenvalue weighted by Gasteiger charge is 2.47. The number of benzene rings is 9. The Morgan fingerprint density at radius 1 is 0.453 bits per heavy atom. The van der Waals surface area contributed by atoms with Crippen molar-refractivity contribution in [3.05, 3.63) is 200 Å². The van der Waals surface area contributed by atoms with Gasteiger partial charge in [0.15, 0.2) is 5.58 Å². The molecule has 0 atom stereocenters. The zero-order valence-corrected chi connectivity index (χ0v) is 35.7. The Bertz CT molecular complexity index is 3690. The van der Waals surface area contributed by atoms with Crippen molar-refractivity contribution in [3.8, 4) is 5.69 Å². The third kappa shape index (κ3) is 4.74. The molecule has 2 aromatic heterocycles. The van der Waals surface area contributed by atoms with Crippen LogP contribution in [-0.4, -0.2) is 11.3 Å². The summed E-state index contributed by atoms with van der Waals surface area (Å²) in [5.74, 6) is 0. The maximum Gasteiger partial charge on any atom is 0.252 e. The Kier molecular flexibility index (Phi) is 7.13. The molecule has 302 valence electrons. The molecule has 64 heavy (non-hydrogen) atoms. The van der Waals surface area contributed by atoms with Gasteiger partial charge in [0.05, 0.1) is 39.5 Å².